The molecule has 1 aliphatic rings. The number of hydrogen-bond acceptors (Lipinski definition) is 6. The zero-order valence-electron chi connectivity index (χ0n) is 18.8. The minimum Gasteiger partial charge on any atom is -0.444 e. The summed E-state index contributed by atoms with van der Waals surface area (Å²) < 4.78 is 11.2. The maximum atomic E-state index is 12.4. The van der Waals surface area contributed by atoms with Crippen LogP contribution in [0.5, 0.6) is 0 Å². The fraction of sp³-hybridized carbons (Fsp3) is 0.900. The summed E-state index contributed by atoms with van der Waals surface area (Å²) in [7, 11) is 1.82. The Morgan fingerprint density at radius 2 is 2.04 bits per heavy atom. The molecular weight excluding hydrogens is 358 g/mol. The van der Waals surface area contributed by atoms with Gasteiger partial charge in [0.1, 0.15) is 17.7 Å². The molecule has 0 aromatic heterocycles. The van der Waals surface area contributed by atoms with Crippen molar-refractivity contribution in [2.24, 2.45) is 16.8 Å². The van der Waals surface area contributed by atoms with Crippen LogP contribution in [-0.4, -0.2) is 73.0 Å². The van der Waals surface area contributed by atoms with Crippen LogP contribution >= 0.6 is 0 Å². The van der Waals surface area contributed by atoms with Gasteiger partial charge in [0.2, 0.25) is 0 Å². The number of hydrazine groups is 1. The Balaban J connectivity index is 2.65. The molecule has 1 heterocycles. The third kappa shape index (κ3) is 8.75. The van der Waals surface area contributed by atoms with Crippen molar-refractivity contribution in [2.75, 3.05) is 33.3 Å². The second-order valence-electron chi connectivity index (χ2n) is 8.56. The predicted molar refractivity (Wildman–Crippen MR) is 113 cm³/mol. The first-order chi connectivity index (χ1) is 13.1. The molecule has 1 fully saturated rings. The molecule has 3 atom stereocenters. The van der Waals surface area contributed by atoms with E-state index in [0.717, 1.165) is 31.7 Å². The van der Waals surface area contributed by atoms with Crippen LogP contribution in [0.1, 0.15) is 60.8 Å². The van der Waals surface area contributed by atoms with Crippen LogP contribution in [0.2, 0.25) is 0 Å². The van der Waals surface area contributed by atoms with E-state index in [1.54, 1.807) is 9.91 Å². The van der Waals surface area contributed by atoms with E-state index in [9.17, 15) is 4.79 Å². The van der Waals surface area contributed by atoms with Gasteiger partial charge in [0, 0.05) is 26.7 Å². The lowest BCUT2D eigenvalue weighted by atomic mass is 10.0. The van der Waals surface area contributed by atoms with Crippen molar-refractivity contribution in [3.05, 3.63) is 0 Å². The van der Waals surface area contributed by atoms with Crippen LogP contribution in [0, 0.1) is 5.92 Å². The maximum absolute atomic E-state index is 12.4. The molecule has 0 spiro atoms. The van der Waals surface area contributed by atoms with Crippen LogP contribution in [-0.2, 0) is 9.47 Å². The summed E-state index contributed by atoms with van der Waals surface area (Å²) >= 11 is 0. The SMILES string of the molecule is CCN(C/C(=N/[C@H](C)C(C)CN(N)C1CCCCO1)NC)C(=O)OC(C)(C)C. The number of nitrogens with two attached hydrogens (primary N) is 1. The molecule has 164 valence electrons. The van der Waals surface area contributed by atoms with E-state index >= 15 is 0 Å². The Morgan fingerprint density at radius 1 is 1.36 bits per heavy atom. The molecule has 1 rings (SSSR count). The summed E-state index contributed by atoms with van der Waals surface area (Å²) in [6.07, 6.45) is 2.91. The molecule has 28 heavy (non-hydrogen) atoms. The number of hydrogen-bond donors (Lipinski definition) is 2. The van der Waals surface area contributed by atoms with Crippen molar-refractivity contribution in [1.82, 2.24) is 15.2 Å². The van der Waals surface area contributed by atoms with Crippen molar-refractivity contribution >= 4 is 11.9 Å². The van der Waals surface area contributed by atoms with Gasteiger partial charge in [-0.1, -0.05) is 6.92 Å². The summed E-state index contributed by atoms with van der Waals surface area (Å²) in [5.41, 5.74) is -0.519. The third-order valence-corrected chi connectivity index (χ3v) is 4.87. The van der Waals surface area contributed by atoms with E-state index in [1.165, 1.54) is 0 Å². The smallest absolute Gasteiger partial charge is 0.410 e. The third-order valence-electron chi connectivity index (χ3n) is 4.87. The fourth-order valence-corrected chi connectivity index (χ4v) is 2.96. The predicted octanol–water partition coefficient (Wildman–Crippen LogP) is 2.59. The number of carbonyl (C=O) groups excluding carboxylic acids is 1. The average Bonchev–Trinajstić information content (AvgIpc) is 2.63. The molecule has 0 aromatic carbocycles. The van der Waals surface area contributed by atoms with E-state index in [2.05, 4.69) is 19.2 Å². The second kappa shape index (κ2) is 11.6. The number of likely N-dealkylation sites (N-methyl/N-ethyl adjacent to an activating group) is 2. The first-order valence-corrected chi connectivity index (χ1v) is 10.4. The normalized spacial score (nSPS) is 20.6. The van der Waals surface area contributed by atoms with Gasteiger partial charge in [0.25, 0.3) is 0 Å². The first kappa shape index (κ1) is 24.7. The minimum atomic E-state index is -0.519. The highest BCUT2D eigenvalue weighted by Gasteiger charge is 2.24. The van der Waals surface area contributed by atoms with Gasteiger partial charge in [0.15, 0.2) is 0 Å². The maximum Gasteiger partial charge on any atom is 0.410 e. The Morgan fingerprint density at radius 3 is 2.54 bits per heavy atom. The summed E-state index contributed by atoms with van der Waals surface area (Å²) in [6, 6.07) is 0.0504. The molecule has 8 heteroatoms. The lowest BCUT2D eigenvalue weighted by Gasteiger charge is -2.33. The quantitative estimate of drug-likeness (QED) is 0.282. The van der Waals surface area contributed by atoms with Gasteiger partial charge in [-0.3, -0.25) is 10.8 Å². The van der Waals surface area contributed by atoms with Gasteiger partial charge in [-0.2, -0.15) is 0 Å². The molecule has 3 N–H and O–H groups in total. The molecule has 1 saturated heterocycles. The summed E-state index contributed by atoms with van der Waals surface area (Å²) in [5.74, 6) is 7.23. The standard InChI is InChI=1S/C20H41N5O3/c1-8-24(19(26)28-20(4,5)6)14-17(22-7)23-16(3)15(2)13-25(21)18-11-9-10-12-27-18/h15-16,18H,8-14,21H2,1-7H3,(H,22,23)/t15?,16-,18?/m1/s1. The molecule has 1 amide bonds. The van der Waals surface area contributed by atoms with Gasteiger partial charge < -0.3 is 19.7 Å². The molecule has 0 aromatic rings. The van der Waals surface area contributed by atoms with Crippen LogP contribution in [0.3, 0.4) is 0 Å². The molecule has 0 radical (unpaired) electrons. The zero-order valence-corrected chi connectivity index (χ0v) is 18.8. The number of nitrogens with zero attached hydrogens (tertiary/aromatic N) is 3. The van der Waals surface area contributed by atoms with Gasteiger partial charge in [-0.25, -0.2) is 9.80 Å². The van der Waals surface area contributed by atoms with Crippen molar-refractivity contribution < 1.29 is 14.3 Å². The molecule has 0 aliphatic carbocycles. The van der Waals surface area contributed by atoms with E-state index in [4.69, 9.17) is 20.3 Å². The van der Waals surface area contributed by atoms with Crippen molar-refractivity contribution in [2.45, 2.75) is 78.7 Å². The van der Waals surface area contributed by atoms with Gasteiger partial charge in [-0.05, 0) is 59.8 Å². The average molecular weight is 400 g/mol. The Labute approximate surface area is 170 Å². The van der Waals surface area contributed by atoms with E-state index < -0.39 is 5.60 Å². The minimum absolute atomic E-state index is 0.00102. The molecule has 0 saturated carbocycles. The van der Waals surface area contributed by atoms with Crippen molar-refractivity contribution in [1.29, 1.82) is 0 Å². The number of ether oxygens (including phenoxy) is 2. The zero-order chi connectivity index (χ0) is 21.3. The lowest BCUT2D eigenvalue weighted by molar-refractivity contribution is -0.0918. The Bertz CT molecular complexity index is 501. The van der Waals surface area contributed by atoms with Crippen LogP contribution < -0.4 is 11.2 Å². The van der Waals surface area contributed by atoms with E-state index in [-0.39, 0.29) is 24.3 Å². The molecule has 2 unspecified atom stereocenters. The highest BCUT2D eigenvalue weighted by Crippen LogP contribution is 2.17. The number of aliphatic imine (C=N–C) groups is 1. The summed E-state index contributed by atoms with van der Waals surface area (Å²) in [6.45, 7) is 14.2. The molecule has 0 bridgehead atoms. The number of nitrogens with one attached hydrogen (secondary N) is 1. The van der Waals surface area contributed by atoms with E-state index in [0.29, 0.717) is 19.6 Å². The molecule has 8 nitrogen and oxygen atoms in total. The second-order valence-corrected chi connectivity index (χ2v) is 8.56. The van der Waals surface area contributed by atoms with Crippen molar-refractivity contribution in [3.8, 4) is 0 Å². The highest BCUT2D eigenvalue weighted by molar-refractivity contribution is 5.87. The molecule has 1 aliphatic heterocycles. The molecular formula is C20H41N5O3. The highest BCUT2D eigenvalue weighted by atomic mass is 16.6. The van der Waals surface area contributed by atoms with Gasteiger partial charge in [-0.15, -0.1) is 0 Å². The Kier molecular flexibility index (Phi) is 10.2. The number of carbonyl (C=O) groups is 1. The number of amidine groups is 1. The van der Waals surface area contributed by atoms with Crippen LogP contribution in [0.4, 0.5) is 4.79 Å². The fourth-order valence-electron chi connectivity index (χ4n) is 2.96. The van der Waals surface area contributed by atoms with Gasteiger partial charge >= 0.3 is 6.09 Å². The largest absolute Gasteiger partial charge is 0.444 e. The van der Waals surface area contributed by atoms with Crippen LogP contribution in [0.25, 0.3) is 0 Å². The summed E-state index contributed by atoms with van der Waals surface area (Å²) in [5, 5.41) is 4.92. The lowest BCUT2D eigenvalue weighted by Crippen LogP contribution is -2.48. The number of amides is 1. The van der Waals surface area contributed by atoms with Crippen LogP contribution in [0.15, 0.2) is 4.99 Å². The summed E-state index contributed by atoms with van der Waals surface area (Å²) in [4.78, 5) is 18.8. The van der Waals surface area contributed by atoms with Gasteiger partial charge in [0.05, 0.1) is 12.6 Å². The topological polar surface area (TPSA) is 92.4 Å². The number of rotatable bonds is 8. The monoisotopic (exact) mass is 399 g/mol. The first-order valence-electron chi connectivity index (χ1n) is 10.4. The Hall–Kier alpha value is -1.38. The van der Waals surface area contributed by atoms with Crippen molar-refractivity contribution in [3.63, 3.8) is 0 Å². The van der Waals surface area contributed by atoms with E-state index in [1.807, 2.05) is 34.7 Å².